The van der Waals surface area contributed by atoms with Crippen molar-refractivity contribution in [2.45, 2.75) is 18.8 Å². The van der Waals surface area contributed by atoms with E-state index >= 15 is 0 Å². The second-order valence-electron chi connectivity index (χ2n) is 6.84. The Morgan fingerprint density at radius 1 is 1.32 bits per heavy atom. The van der Waals surface area contributed by atoms with Crippen molar-refractivity contribution in [2.24, 2.45) is 0 Å². The molecule has 1 saturated heterocycles. The summed E-state index contributed by atoms with van der Waals surface area (Å²) < 4.78 is 5.62. The number of imide groups is 1. The van der Waals surface area contributed by atoms with Crippen LogP contribution in [0.25, 0.3) is 0 Å². The Hall–Kier alpha value is -3.18. The summed E-state index contributed by atoms with van der Waals surface area (Å²) in [5.74, 6) is -0.0784. The quantitative estimate of drug-likeness (QED) is 0.721. The summed E-state index contributed by atoms with van der Waals surface area (Å²) in [6.45, 7) is 2.01. The van der Waals surface area contributed by atoms with Gasteiger partial charge in [0.25, 0.3) is 0 Å². The van der Waals surface area contributed by atoms with E-state index < -0.39 is 17.4 Å². The third kappa shape index (κ3) is 2.75. The molecule has 4 rings (SSSR count). The fourth-order valence-electron chi connectivity index (χ4n) is 3.73. The molecule has 8 nitrogen and oxygen atoms in total. The highest BCUT2D eigenvalue weighted by atomic mass is 35.5. The lowest BCUT2D eigenvalue weighted by atomic mass is 9.74. The molecule has 142 valence electrons. The SMILES string of the molecule is Cc1cncc(N2C(=O)N(CC#N)CC3(CCOc4ncc(Cl)cc43)C2=O)c1. The number of amides is 3. The molecular weight excluding hydrogens is 382 g/mol. The highest BCUT2D eigenvalue weighted by molar-refractivity contribution is 6.30. The van der Waals surface area contributed by atoms with Gasteiger partial charge in [0.1, 0.15) is 12.0 Å². The van der Waals surface area contributed by atoms with Crippen molar-refractivity contribution < 1.29 is 14.3 Å². The van der Waals surface area contributed by atoms with Crippen LogP contribution in [0.4, 0.5) is 10.5 Å². The van der Waals surface area contributed by atoms with Gasteiger partial charge in [0.2, 0.25) is 11.8 Å². The second-order valence-corrected chi connectivity index (χ2v) is 7.28. The number of ether oxygens (including phenoxy) is 1. The van der Waals surface area contributed by atoms with Crippen molar-refractivity contribution in [1.82, 2.24) is 14.9 Å². The van der Waals surface area contributed by atoms with Crippen LogP contribution in [-0.4, -0.2) is 46.5 Å². The monoisotopic (exact) mass is 397 g/mol. The molecule has 2 aromatic rings. The van der Waals surface area contributed by atoms with E-state index in [0.717, 1.165) is 10.5 Å². The van der Waals surface area contributed by atoms with Gasteiger partial charge in [-0.15, -0.1) is 0 Å². The number of nitrogens with zero attached hydrogens (tertiary/aromatic N) is 5. The normalized spacial score (nSPS) is 21.3. The van der Waals surface area contributed by atoms with Crippen LogP contribution in [0.1, 0.15) is 17.5 Å². The van der Waals surface area contributed by atoms with E-state index in [1.807, 2.05) is 13.0 Å². The zero-order valence-electron chi connectivity index (χ0n) is 15.1. The number of hydrogen-bond donors (Lipinski definition) is 0. The van der Waals surface area contributed by atoms with E-state index in [2.05, 4.69) is 9.97 Å². The number of nitriles is 1. The van der Waals surface area contributed by atoms with Crippen LogP contribution in [0, 0.1) is 18.3 Å². The van der Waals surface area contributed by atoms with Crippen molar-refractivity contribution in [3.05, 3.63) is 46.9 Å². The first-order chi connectivity index (χ1) is 13.5. The first-order valence-electron chi connectivity index (χ1n) is 8.67. The highest BCUT2D eigenvalue weighted by Gasteiger charge is 2.55. The number of aromatic nitrogens is 2. The predicted octanol–water partition coefficient (Wildman–Crippen LogP) is 2.45. The van der Waals surface area contributed by atoms with E-state index in [1.165, 1.54) is 17.3 Å². The minimum Gasteiger partial charge on any atom is -0.477 e. The number of aryl methyl sites for hydroxylation is 1. The maximum atomic E-state index is 13.7. The molecule has 0 aliphatic carbocycles. The first kappa shape index (κ1) is 18.2. The van der Waals surface area contributed by atoms with Crippen LogP contribution in [-0.2, 0) is 10.2 Å². The third-order valence-corrected chi connectivity index (χ3v) is 5.22. The molecule has 28 heavy (non-hydrogen) atoms. The standard InChI is InChI=1S/C19H16ClN5O3/c1-12-6-14(10-22-8-12)25-17(26)19(11-24(4-3-21)18(25)27)2-5-28-16-15(19)7-13(20)9-23-16/h6-10H,2,4-5,11H2,1H3. The molecule has 1 atom stereocenters. The molecule has 1 spiro atoms. The van der Waals surface area contributed by atoms with E-state index in [-0.39, 0.29) is 19.7 Å². The summed E-state index contributed by atoms with van der Waals surface area (Å²) >= 11 is 6.14. The lowest BCUT2D eigenvalue weighted by Gasteiger charge is -2.46. The summed E-state index contributed by atoms with van der Waals surface area (Å²) in [5, 5.41) is 9.58. The first-order valence-corrected chi connectivity index (χ1v) is 9.05. The van der Waals surface area contributed by atoms with Gasteiger partial charge < -0.3 is 9.64 Å². The fraction of sp³-hybridized carbons (Fsp3) is 0.316. The Morgan fingerprint density at radius 2 is 2.14 bits per heavy atom. The summed E-state index contributed by atoms with van der Waals surface area (Å²) in [7, 11) is 0. The van der Waals surface area contributed by atoms with E-state index in [0.29, 0.717) is 28.6 Å². The van der Waals surface area contributed by atoms with Crippen molar-refractivity contribution in [1.29, 1.82) is 5.26 Å². The van der Waals surface area contributed by atoms with Crippen LogP contribution in [0.3, 0.4) is 0 Å². The lowest BCUT2D eigenvalue weighted by Crippen LogP contribution is -2.65. The van der Waals surface area contributed by atoms with Crippen molar-refractivity contribution >= 4 is 29.2 Å². The van der Waals surface area contributed by atoms with E-state index in [4.69, 9.17) is 16.3 Å². The molecule has 1 unspecified atom stereocenters. The van der Waals surface area contributed by atoms with Crippen molar-refractivity contribution in [3.8, 4) is 11.9 Å². The van der Waals surface area contributed by atoms with Gasteiger partial charge in [-0.1, -0.05) is 11.6 Å². The van der Waals surface area contributed by atoms with Gasteiger partial charge in [-0.3, -0.25) is 9.78 Å². The zero-order chi connectivity index (χ0) is 19.9. The summed E-state index contributed by atoms with van der Waals surface area (Å²) in [6.07, 6.45) is 4.89. The van der Waals surface area contributed by atoms with Crippen molar-refractivity contribution in [3.63, 3.8) is 0 Å². The van der Waals surface area contributed by atoms with Crippen LogP contribution >= 0.6 is 11.6 Å². The number of halogens is 1. The van der Waals surface area contributed by atoms with Gasteiger partial charge in [0.05, 0.1) is 29.6 Å². The highest BCUT2D eigenvalue weighted by Crippen LogP contribution is 2.44. The molecule has 9 heteroatoms. The average molecular weight is 398 g/mol. The van der Waals surface area contributed by atoms with Crippen LogP contribution < -0.4 is 9.64 Å². The number of carbonyl (C=O) groups is 2. The van der Waals surface area contributed by atoms with Gasteiger partial charge in [-0.2, -0.15) is 5.26 Å². The number of carbonyl (C=O) groups excluding carboxylic acids is 2. The lowest BCUT2D eigenvalue weighted by molar-refractivity contribution is -0.126. The van der Waals surface area contributed by atoms with Gasteiger partial charge in [0.15, 0.2) is 0 Å². The molecule has 0 bridgehead atoms. The summed E-state index contributed by atoms with van der Waals surface area (Å²) in [6, 6.07) is 4.81. The zero-order valence-corrected chi connectivity index (χ0v) is 15.8. The largest absolute Gasteiger partial charge is 0.477 e. The van der Waals surface area contributed by atoms with E-state index in [9.17, 15) is 14.9 Å². The van der Waals surface area contributed by atoms with Gasteiger partial charge >= 0.3 is 6.03 Å². The Morgan fingerprint density at radius 3 is 2.89 bits per heavy atom. The smallest absolute Gasteiger partial charge is 0.332 e. The molecule has 3 amide bonds. The molecule has 0 aromatic carbocycles. The number of pyridine rings is 2. The van der Waals surface area contributed by atoms with Gasteiger partial charge in [0, 0.05) is 30.9 Å². The molecular formula is C19H16ClN5O3. The fourth-order valence-corrected chi connectivity index (χ4v) is 3.89. The number of rotatable bonds is 2. The van der Waals surface area contributed by atoms with Crippen molar-refractivity contribution in [2.75, 3.05) is 24.6 Å². The number of fused-ring (bicyclic) bond motifs is 2. The Bertz CT molecular complexity index is 1020. The maximum Gasteiger partial charge on any atom is 0.332 e. The average Bonchev–Trinajstić information content (AvgIpc) is 2.67. The Kier molecular flexibility index (Phi) is 4.40. The molecule has 0 N–H and O–H groups in total. The molecule has 4 heterocycles. The van der Waals surface area contributed by atoms with Gasteiger partial charge in [-0.25, -0.2) is 14.7 Å². The molecule has 1 fully saturated rings. The maximum absolute atomic E-state index is 13.7. The Balaban J connectivity index is 1.90. The molecule has 0 saturated carbocycles. The summed E-state index contributed by atoms with van der Waals surface area (Å²) in [5.41, 5.74) is 0.596. The predicted molar refractivity (Wildman–Crippen MR) is 100 cm³/mol. The summed E-state index contributed by atoms with van der Waals surface area (Å²) in [4.78, 5) is 37.5. The minimum absolute atomic E-state index is 0.0619. The molecule has 2 aromatic heterocycles. The van der Waals surface area contributed by atoms with Gasteiger partial charge in [-0.05, 0) is 24.6 Å². The molecule has 2 aliphatic rings. The van der Waals surface area contributed by atoms with Crippen LogP contribution in [0.15, 0.2) is 30.7 Å². The molecule has 2 aliphatic heterocycles. The number of anilines is 1. The van der Waals surface area contributed by atoms with Crippen LogP contribution in [0.2, 0.25) is 5.02 Å². The van der Waals surface area contributed by atoms with E-state index in [1.54, 1.807) is 18.3 Å². The number of hydrogen-bond acceptors (Lipinski definition) is 6. The molecule has 0 radical (unpaired) electrons. The Labute approximate surface area is 166 Å². The third-order valence-electron chi connectivity index (χ3n) is 5.02. The number of urea groups is 1. The van der Waals surface area contributed by atoms with Crippen LogP contribution in [0.5, 0.6) is 5.88 Å². The topological polar surface area (TPSA) is 99.4 Å². The second kappa shape index (κ2) is 6.77. The minimum atomic E-state index is -1.10.